The summed E-state index contributed by atoms with van der Waals surface area (Å²) in [4.78, 5) is 12.5. The minimum absolute atomic E-state index is 0.0111. The molecule has 0 saturated carbocycles. The topological polar surface area (TPSA) is 267 Å². The minimum atomic E-state index is -1.87. The Kier molecular flexibility index (Phi) is 13.4. The van der Waals surface area contributed by atoms with Crippen LogP contribution in [0, 0.1) is 6.92 Å². The van der Waals surface area contributed by atoms with E-state index in [2.05, 4.69) is 13.2 Å². The van der Waals surface area contributed by atoms with Gasteiger partial charge in [0.2, 0.25) is 24.4 Å². The summed E-state index contributed by atoms with van der Waals surface area (Å²) in [5.41, 5.74) is 1.27. The number of carbonyl (C=O) groups is 1. The molecule has 2 aromatic carbocycles. The lowest BCUT2D eigenvalue weighted by Crippen LogP contribution is -2.59. The van der Waals surface area contributed by atoms with Crippen LogP contribution in [0.25, 0.3) is 11.8 Å². The van der Waals surface area contributed by atoms with Crippen LogP contribution in [0.4, 0.5) is 0 Å². The number of hydrogen-bond acceptors (Lipinski definition) is 16. The van der Waals surface area contributed by atoms with E-state index in [9.17, 15) is 50.8 Å². The second-order valence-electron chi connectivity index (χ2n) is 14.2. The quantitative estimate of drug-likeness (QED) is 0.0329. The Hall–Kier alpha value is -5.79. The van der Waals surface area contributed by atoms with Gasteiger partial charge in [-0.15, -0.1) is 6.58 Å². The second-order valence-corrected chi connectivity index (χ2v) is 14.2. The van der Waals surface area contributed by atoms with Crippen molar-refractivity contribution in [1.29, 1.82) is 0 Å². The maximum atomic E-state index is 12.5. The summed E-state index contributed by atoms with van der Waals surface area (Å²) in [5.74, 6) is -1.75. The number of aliphatic hydroxyl groups excluding tert-OH is 6. The number of aliphatic hydroxyl groups is 8. The lowest BCUT2D eigenvalue weighted by molar-refractivity contribution is -0.291. The number of allylic oxidation sites excluding steroid dienone is 3. The van der Waals surface area contributed by atoms with E-state index in [0.29, 0.717) is 17.7 Å². The molecule has 6 rings (SSSR count). The Morgan fingerprint density at radius 1 is 0.898 bits per heavy atom. The summed E-state index contributed by atoms with van der Waals surface area (Å²) in [6, 6.07) is 8.69. The van der Waals surface area contributed by atoms with Crippen molar-refractivity contribution in [2.45, 2.75) is 81.2 Å². The first kappa shape index (κ1) is 42.8. The number of aromatic hydroxyl groups is 3. The highest BCUT2D eigenvalue weighted by Crippen LogP contribution is 2.41. The van der Waals surface area contributed by atoms with Gasteiger partial charge >= 0.3 is 11.7 Å². The molecule has 2 aromatic rings. The van der Waals surface area contributed by atoms with E-state index in [0.717, 1.165) is 6.08 Å². The van der Waals surface area contributed by atoms with Crippen molar-refractivity contribution in [3.8, 4) is 17.2 Å². The number of carbonyl (C=O) groups excluding carboxylic acids is 1. The van der Waals surface area contributed by atoms with Crippen LogP contribution in [0.5, 0.6) is 17.2 Å². The summed E-state index contributed by atoms with van der Waals surface area (Å²) in [6.07, 6.45) is -6.09. The number of aryl methyl sites for hydroxylation is 1. The molecule has 4 aliphatic rings. The van der Waals surface area contributed by atoms with Crippen molar-refractivity contribution >= 4 is 17.8 Å². The molecule has 0 radical (unpaired) electrons. The average molecular weight is 824 g/mol. The lowest BCUT2D eigenvalue weighted by Gasteiger charge is -2.40. The molecule has 0 bridgehead atoms. The summed E-state index contributed by atoms with van der Waals surface area (Å²) < 4.78 is 39.6. The van der Waals surface area contributed by atoms with Gasteiger partial charge in [0.25, 0.3) is 0 Å². The maximum Gasteiger partial charge on any atom is 0.330 e. The molecule has 17 nitrogen and oxygen atoms in total. The molecule has 0 amide bonds. The molecular formula is C42H47O17+. The monoisotopic (exact) mass is 823 g/mol. The fourth-order valence-electron chi connectivity index (χ4n) is 6.56. The van der Waals surface area contributed by atoms with Gasteiger partial charge in [-0.25, -0.2) is 4.79 Å². The molecular weight excluding hydrogens is 776 g/mol. The van der Waals surface area contributed by atoms with Crippen molar-refractivity contribution in [2.75, 3.05) is 13.2 Å². The molecule has 3 aliphatic heterocycles. The van der Waals surface area contributed by atoms with Crippen molar-refractivity contribution in [3.05, 3.63) is 125 Å². The molecule has 10 N–H and O–H groups in total. The van der Waals surface area contributed by atoms with E-state index in [1.807, 2.05) is 0 Å². The maximum absolute atomic E-state index is 12.5. The molecule has 59 heavy (non-hydrogen) atoms. The minimum Gasteiger partial charge on any atom is -0.571 e. The number of fused-ring (bicyclic) bond motifs is 1. The summed E-state index contributed by atoms with van der Waals surface area (Å²) in [5, 5.41) is 95.3. The number of esters is 1. The van der Waals surface area contributed by atoms with Crippen LogP contribution in [0.1, 0.15) is 29.5 Å². The van der Waals surface area contributed by atoms with Gasteiger partial charge in [-0.1, -0.05) is 24.8 Å². The number of ether oxygens (including phenoxy) is 7. The zero-order chi connectivity index (χ0) is 42.5. The number of benzene rings is 2. The second kappa shape index (κ2) is 18.4. The Morgan fingerprint density at radius 3 is 2.34 bits per heavy atom. The number of hydrogen-bond donors (Lipinski definition) is 9. The third-order valence-electron chi connectivity index (χ3n) is 9.75. The molecule has 10 unspecified atom stereocenters. The average Bonchev–Trinajstić information content (AvgIpc) is 3.20. The van der Waals surface area contributed by atoms with Crippen LogP contribution in [0.2, 0.25) is 0 Å². The number of rotatable bonds is 14. The van der Waals surface area contributed by atoms with Crippen LogP contribution in [0.15, 0.2) is 109 Å². The first-order chi connectivity index (χ1) is 28.1. The van der Waals surface area contributed by atoms with E-state index < -0.39 is 85.5 Å². The van der Waals surface area contributed by atoms with Crippen LogP contribution in [0.3, 0.4) is 0 Å². The van der Waals surface area contributed by atoms with Crippen molar-refractivity contribution in [2.24, 2.45) is 0 Å². The highest BCUT2D eigenvalue weighted by Gasteiger charge is 2.48. The van der Waals surface area contributed by atoms with Gasteiger partial charge in [-0.2, -0.15) is 0 Å². The lowest BCUT2D eigenvalue weighted by atomic mass is 9.96. The summed E-state index contributed by atoms with van der Waals surface area (Å²) >= 11 is 0. The molecule has 0 aromatic heterocycles. The fourth-order valence-corrected chi connectivity index (χ4v) is 6.56. The highest BCUT2D eigenvalue weighted by atomic mass is 16.7. The van der Waals surface area contributed by atoms with Crippen molar-refractivity contribution in [1.82, 2.24) is 0 Å². The van der Waals surface area contributed by atoms with Crippen LogP contribution < -0.4 is 0 Å². The molecule has 2 fully saturated rings. The SMILES string of the molecule is C=CCC(=C)OCC1CC(O)C(O)C(OC2=CC(O)=CC3[OH+]C(c4cc(C)c(O)c(O)c4)=C(OC4OC(COC(=O)C=Cc5ccc(O)cc5)C(O)C(O)C4O)C=C23)O1. The van der Waals surface area contributed by atoms with Crippen LogP contribution >= 0.6 is 0 Å². The first-order valence-corrected chi connectivity index (χ1v) is 18.5. The van der Waals surface area contributed by atoms with E-state index >= 15 is 0 Å². The Bertz CT molecular complexity index is 2030. The van der Waals surface area contributed by atoms with E-state index in [4.69, 9.17) is 33.2 Å². The largest absolute Gasteiger partial charge is 0.571 e. The van der Waals surface area contributed by atoms with Gasteiger partial charge in [-0.05, 0) is 42.3 Å². The van der Waals surface area contributed by atoms with Crippen molar-refractivity contribution < 1.29 is 83.9 Å². The molecule has 316 valence electrons. The number of phenols is 3. The van der Waals surface area contributed by atoms with E-state index in [-0.39, 0.29) is 58.5 Å². The third kappa shape index (κ3) is 10.1. The zero-order valence-corrected chi connectivity index (χ0v) is 31.8. The molecule has 2 saturated heterocycles. The predicted octanol–water partition coefficient (Wildman–Crippen LogP) is 2.00. The first-order valence-electron chi connectivity index (χ1n) is 18.5. The van der Waals surface area contributed by atoms with Gasteiger partial charge in [-0.3, -0.25) is 0 Å². The fraction of sp³-hybridized carbons (Fsp3) is 0.357. The van der Waals surface area contributed by atoms with Crippen LogP contribution in [-0.2, 0) is 33.2 Å². The Balaban J connectivity index is 1.27. The van der Waals surface area contributed by atoms with E-state index in [1.54, 1.807) is 18.2 Å². The van der Waals surface area contributed by atoms with Gasteiger partial charge < -0.3 is 79.1 Å². The highest BCUT2D eigenvalue weighted by molar-refractivity contribution is 5.87. The smallest absolute Gasteiger partial charge is 0.330 e. The van der Waals surface area contributed by atoms with Crippen molar-refractivity contribution in [3.63, 3.8) is 0 Å². The van der Waals surface area contributed by atoms with Crippen LogP contribution in [-0.4, -0.2) is 131 Å². The Labute approximate surface area is 338 Å². The standard InChI is InChI=1S/C42H46O17/c1-4-5-21(3)53-18-26-16-29(46)36(49)41(55-26)57-31-15-25(44)14-30-27(31)17-32(40(56-30)23-12-20(2)35(48)28(45)13-23)58-42-39(52)38(51)37(50)33(59-42)19-54-34(47)11-8-22-6-9-24(43)10-7-22/h4,6-15,17,26,29-30,33,36-39,41-46,48-52H,1,3,5,16,18-19H2,2H3/p+1. The molecule has 1 aliphatic carbocycles. The normalized spacial score (nSPS) is 29.3. The number of phenolic OH excluding ortho intramolecular Hbond substituents is 3. The summed E-state index contributed by atoms with van der Waals surface area (Å²) in [6.45, 7) is 8.36. The van der Waals surface area contributed by atoms with Gasteiger partial charge in [0.1, 0.15) is 61.0 Å². The zero-order valence-electron chi connectivity index (χ0n) is 31.8. The molecule has 3 heterocycles. The third-order valence-corrected chi connectivity index (χ3v) is 9.75. The van der Waals surface area contributed by atoms with Gasteiger partial charge in [0.15, 0.2) is 11.5 Å². The molecule has 17 heteroatoms. The molecule has 0 spiro atoms. The predicted molar refractivity (Wildman–Crippen MR) is 206 cm³/mol. The summed E-state index contributed by atoms with van der Waals surface area (Å²) in [7, 11) is 0. The van der Waals surface area contributed by atoms with Gasteiger partial charge in [0, 0.05) is 37.1 Å². The van der Waals surface area contributed by atoms with Gasteiger partial charge in [0.05, 0.1) is 35.2 Å². The van der Waals surface area contributed by atoms with E-state index in [1.165, 1.54) is 55.5 Å². The molecule has 10 atom stereocenters. The Morgan fingerprint density at radius 2 is 1.63 bits per heavy atom.